The summed E-state index contributed by atoms with van der Waals surface area (Å²) in [7, 11) is 1.66. The number of ether oxygens (including phenoxy) is 4. The lowest BCUT2D eigenvalue weighted by molar-refractivity contribution is -0.157. The van der Waals surface area contributed by atoms with Crippen LogP contribution in [-0.2, 0) is 20.8 Å². The molecule has 4 nitrogen and oxygen atoms in total. The van der Waals surface area contributed by atoms with E-state index in [0.717, 1.165) is 17.7 Å². The smallest absolute Gasteiger partial charge is 0.163 e. The summed E-state index contributed by atoms with van der Waals surface area (Å²) >= 11 is 0. The normalized spacial score (nSPS) is 22.0. The number of methoxy groups -OCH3 is 1. The molecule has 0 N–H and O–H groups in total. The van der Waals surface area contributed by atoms with Crippen LogP contribution < -0.4 is 4.74 Å². The molecule has 1 heterocycles. The SMILES string of the molecule is C=CC[C@H](OCc1ccc(OC)cc1)[C@H]1COC(C)(C)O1. The third-order valence-electron chi connectivity index (χ3n) is 3.47. The fraction of sp³-hybridized carbons (Fsp3) is 0.529. The predicted molar refractivity (Wildman–Crippen MR) is 81.3 cm³/mol. The third kappa shape index (κ3) is 4.56. The summed E-state index contributed by atoms with van der Waals surface area (Å²) in [5.41, 5.74) is 1.10. The van der Waals surface area contributed by atoms with Gasteiger partial charge in [-0.2, -0.15) is 0 Å². The van der Waals surface area contributed by atoms with Crippen molar-refractivity contribution in [2.75, 3.05) is 13.7 Å². The minimum Gasteiger partial charge on any atom is -0.497 e. The van der Waals surface area contributed by atoms with E-state index in [1.54, 1.807) is 7.11 Å². The minimum atomic E-state index is -0.534. The van der Waals surface area contributed by atoms with E-state index in [1.165, 1.54) is 0 Å². The maximum atomic E-state index is 6.00. The van der Waals surface area contributed by atoms with E-state index in [4.69, 9.17) is 18.9 Å². The van der Waals surface area contributed by atoms with Crippen molar-refractivity contribution >= 4 is 0 Å². The van der Waals surface area contributed by atoms with Crippen LogP contribution in [0.3, 0.4) is 0 Å². The van der Waals surface area contributed by atoms with Crippen molar-refractivity contribution in [3.05, 3.63) is 42.5 Å². The van der Waals surface area contributed by atoms with Crippen LogP contribution >= 0.6 is 0 Å². The quantitative estimate of drug-likeness (QED) is 0.723. The second kappa shape index (κ2) is 7.07. The molecule has 0 aromatic heterocycles. The first kappa shape index (κ1) is 16.0. The number of hydrogen-bond donors (Lipinski definition) is 0. The van der Waals surface area contributed by atoms with Crippen molar-refractivity contribution in [2.45, 2.75) is 44.9 Å². The molecule has 0 radical (unpaired) electrons. The lowest BCUT2D eigenvalue weighted by Crippen LogP contribution is -2.32. The number of benzene rings is 1. The van der Waals surface area contributed by atoms with Gasteiger partial charge in [0, 0.05) is 0 Å². The van der Waals surface area contributed by atoms with Gasteiger partial charge in [0.25, 0.3) is 0 Å². The molecule has 2 rings (SSSR count). The highest BCUT2D eigenvalue weighted by Gasteiger charge is 2.37. The fourth-order valence-corrected chi connectivity index (χ4v) is 2.32. The summed E-state index contributed by atoms with van der Waals surface area (Å²) in [6.45, 7) is 8.71. The topological polar surface area (TPSA) is 36.9 Å². The first-order chi connectivity index (χ1) is 10.0. The highest BCUT2D eigenvalue weighted by Crippen LogP contribution is 2.27. The molecule has 1 aliphatic heterocycles. The zero-order valence-electron chi connectivity index (χ0n) is 13.0. The van der Waals surface area contributed by atoms with Crippen LogP contribution in [0, 0.1) is 0 Å². The zero-order chi connectivity index (χ0) is 15.3. The molecule has 1 aromatic rings. The Morgan fingerprint density at radius 1 is 1.38 bits per heavy atom. The van der Waals surface area contributed by atoms with Crippen molar-refractivity contribution in [2.24, 2.45) is 0 Å². The molecule has 0 bridgehead atoms. The van der Waals surface area contributed by atoms with Gasteiger partial charge in [-0.15, -0.1) is 6.58 Å². The molecule has 0 unspecified atom stereocenters. The van der Waals surface area contributed by atoms with E-state index >= 15 is 0 Å². The van der Waals surface area contributed by atoms with E-state index < -0.39 is 5.79 Å². The van der Waals surface area contributed by atoms with Gasteiger partial charge < -0.3 is 18.9 Å². The Kier molecular flexibility index (Phi) is 5.39. The Morgan fingerprint density at radius 3 is 2.62 bits per heavy atom. The number of rotatable bonds is 7. The summed E-state index contributed by atoms with van der Waals surface area (Å²) in [6, 6.07) is 7.86. The predicted octanol–water partition coefficient (Wildman–Crippen LogP) is 3.31. The van der Waals surface area contributed by atoms with E-state index in [9.17, 15) is 0 Å². The number of hydrogen-bond acceptors (Lipinski definition) is 4. The molecule has 1 aliphatic rings. The van der Waals surface area contributed by atoms with E-state index in [0.29, 0.717) is 13.2 Å². The minimum absolute atomic E-state index is 0.0497. The van der Waals surface area contributed by atoms with Crippen LogP contribution in [0.2, 0.25) is 0 Å². The Bertz CT molecular complexity index is 452. The average Bonchev–Trinajstić information content (AvgIpc) is 2.84. The maximum absolute atomic E-state index is 6.00. The lowest BCUT2D eigenvalue weighted by atomic mass is 10.1. The van der Waals surface area contributed by atoms with E-state index in [-0.39, 0.29) is 12.2 Å². The van der Waals surface area contributed by atoms with Crippen LogP contribution in [0.15, 0.2) is 36.9 Å². The average molecular weight is 292 g/mol. The van der Waals surface area contributed by atoms with E-state index in [2.05, 4.69) is 6.58 Å². The molecule has 116 valence electrons. The Hall–Kier alpha value is -1.36. The van der Waals surface area contributed by atoms with Crippen LogP contribution in [0.1, 0.15) is 25.8 Å². The first-order valence-electron chi connectivity index (χ1n) is 7.21. The van der Waals surface area contributed by atoms with Crippen molar-refractivity contribution in [3.63, 3.8) is 0 Å². The Morgan fingerprint density at radius 2 is 2.10 bits per heavy atom. The maximum Gasteiger partial charge on any atom is 0.163 e. The monoisotopic (exact) mass is 292 g/mol. The molecule has 1 fully saturated rings. The molecule has 2 atom stereocenters. The molecule has 4 heteroatoms. The second-order valence-corrected chi connectivity index (χ2v) is 5.59. The van der Waals surface area contributed by atoms with Gasteiger partial charge in [0.2, 0.25) is 0 Å². The first-order valence-corrected chi connectivity index (χ1v) is 7.21. The zero-order valence-corrected chi connectivity index (χ0v) is 13.0. The van der Waals surface area contributed by atoms with Crippen LogP contribution in [0.25, 0.3) is 0 Å². The molecule has 0 aliphatic carbocycles. The second-order valence-electron chi connectivity index (χ2n) is 5.59. The lowest BCUT2D eigenvalue weighted by Gasteiger charge is -2.23. The van der Waals surface area contributed by atoms with Gasteiger partial charge >= 0.3 is 0 Å². The molecule has 0 amide bonds. The van der Waals surface area contributed by atoms with Crippen molar-refractivity contribution in [1.29, 1.82) is 0 Å². The molecule has 1 aromatic carbocycles. The molecule has 21 heavy (non-hydrogen) atoms. The van der Waals surface area contributed by atoms with Crippen LogP contribution in [0.4, 0.5) is 0 Å². The molecular formula is C17H24O4. The summed E-state index contributed by atoms with van der Waals surface area (Å²) in [5.74, 6) is 0.309. The van der Waals surface area contributed by atoms with Gasteiger partial charge in [-0.25, -0.2) is 0 Å². The largest absolute Gasteiger partial charge is 0.497 e. The summed E-state index contributed by atoms with van der Waals surface area (Å²) in [6.07, 6.45) is 2.48. The van der Waals surface area contributed by atoms with Gasteiger partial charge in [-0.05, 0) is 38.0 Å². The van der Waals surface area contributed by atoms with Crippen molar-refractivity contribution in [3.8, 4) is 5.75 Å². The standard InChI is InChI=1S/C17H24O4/c1-5-6-15(16-12-20-17(2,3)21-16)19-11-13-7-9-14(18-4)10-8-13/h5,7-10,15-16H,1,6,11-12H2,2-4H3/t15-,16+/m0/s1. The third-order valence-corrected chi connectivity index (χ3v) is 3.47. The molecule has 0 spiro atoms. The van der Waals surface area contributed by atoms with E-state index in [1.807, 2.05) is 44.2 Å². The van der Waals surface area contributed by atoms with Gasteiger partial charge in [-0.1, -0.05) is 18.2 Å². The van der Waals surface area contributed by atoms with Crippen LogP contribution in [0.5, 0.6) is 5.75 Å². The highest BCUT2D eigenvalue weighted by molar-refractivity contribution is 5.26. The molecule has 0 saturated carbocycles. The van der Waals surface area contributed by atoms with Crippen molar-refractivity contribution < 1.29 is 18.9 Å². The van der Waals surface area contributed by atoms with Crippen molar-refractivity contribution in [1.82, 2.24) is 0 Å². The molecule has 1 saturated heterocycles. The van der Waals surface area contributed by atoms with Gasteiger partial charge in [0.05, 0.1) is 26.4 Å². The summed E-state index contributed by atoms with van der Waals surface area (Å²) in [5, 5.41) is 0. The van der Waals surface area contributed by atoms with Gasteiger partial charge in [-0.3, -0.25) is 0 Å². The highest BCUT2D eigenvalue weighted by atomic mass is 16.7. The summed E-state index contributed by atoms with van der Waals surface area (Å²) < 4.78 is 22.6. The Balaban J connectivity index is 1.91. The van der Waals surface area contributed by atoms with Crippen LogP contribution in [-0.4, -0.2) is 31.7 Å². The van der Waals surface area contributed by atoms with Gasteiger partial charge in [0.1, 0.15) is 11.9 Å². The summed E-state index contributed by atoms with van der Waals surface area (Å²) in [4.78, 5) is 0. The van der Waals surface area contributed by atoms with Gasteiger partial charge in [0.15, 0.2) is 5.79 Å². The molecular weight excluding hydrogens is 268 g/mol. The Labute approximate surface area is 126 Å². The fourth-order valence-electron chi connectivity index (χ4n) is 2.32.